The van der Waals surface area contributed by atoms with E-state index in [0.717, 1.165) is 22.4 Å². The van der Waals surface area contributed by atoms with Crippen LogP contribution in [0.5, 0.6) is 5.75 Å². The van der Waals surface area contributed by atoms with Crippen LogP contribution in [0.25, 0.3) is 0 Å². The van der Waals surface area contributed by atoms with Crippen molar-refractivity contribution in [2.45, 2.75) is 33.4 Å². The Bertz CT molecular complexity index is 733. The van der Waals surface area contributed by atoms with Gasteiger partial charge in [0.1, 0.15) is 5.75 Å². The molecule has 5 nitrogen and oxygen atoms in total. The maximum Gasteiger partial charge on any atom is 0.338 e. The Morgan fingerprint density at radius 2 is 1.64 bits per heavy atom. The highest BCUT2D eigenvalue weighted by Crippen LogP contribution is 2.12. The smallest absolute Gasteiger partial charge is 0.338 e. The van der Waals surface area contributed by atoms with Crippen LogP contribution in [0.3, 0.4) is 0 Å². The fraction of sp³-hybridized carbons (Fsp3) is 0.300. The minimum Gasteiger partial charge on any atom is -0.497 e. The molecular weight excluding hydrogens is 318 g/mol. The van der Waals surface area contributed by atoms with Gasteiger partial charge < -0.3 is 14.8 Å². The number of benzene rings is 2. The van der Waals surface area contributed by atoms with Gasteiger partial charge in [0.15, 0.2) is 6.10 Å². The molecule has 0 bridgehead atoms. The molecule has 0 aliphatic heterocycles. The van der Waals surface area contributed by atoms with Crippen LogP contribution >= 0.6 is 0 Å². The van der Waals surface area contributed by atoms with Crippen LogP contribution in [0.15, 0.2) is 42.5 Å². The van der Waals surface area contributed by atoms with E-state index in [-0.39, 0.29) is 5.91 Å². The van der Waals surface area contributed by atoms with Gasteiger partial charge in [0.2, 0.25) is 0 Å². The Morgan fingerprint density at radius 3 is 2.20 bits per heavy atom. The summed E-state index contributed by atoms with van der Waals surface area (Å²) >= 11 is 0. The number of carbonyl (C=O) groups excluding carboxylic acids is 2. The summed E-state index contributed by atoms with van der Waals surface area (Å²) in [6, 6.07) is 12.9. The number of ether oxygens (including phenoxy) is 2. The van der Waals surface area contributed by atoms with E-state index in [2.05, 4.69) is 5.32 Å². The largest absolute Gasteiger partial charge is 0.497 e. The van der Waals surface area contributed by atoms with Crippen LogP contribution in [0.4, 0.5) is 0 Å². The predicted molar refractivity (Wildman–Crippen MR) is 95.6 cm³/mol. The summed E-state index contributed by atoms with van der Waals surface area (Å²) in [6.45, 7) is 5.74. The molecule has 0 saturated carbocycles. The van der Waals surface area contributed by atoms with Gasteiger partial charge in [-0.15, -0.1) is 0 Å². The molecule has 0 fully saturated rings. The molecule has 1 atom stereocenters. The minimum atomic E-state index is -0.869. The van der Waals surface area contributed by atoms with Gasteiger partial charge in [-0.1, -0.05) is 29.3 Å². The first-order valence-corrected chi connectivity index (χ1v) is 8.09. The van der Waals surface area contributed by atoms with Gasteiger partial charge in [-0.2, -0.15) is 0 Å². The first kappa shape index (κ1) is 18.5. The number of carbonyl (C=O) groups is 2. The number of hydrogen-bond donors (Lipinski definition) is 1. The summed E-state index contributed by atoms with van der Waals surface area (Å²) in [4.78, 5) is 24.3. The first-order valence-electron chi connectivity index (χ1n) is 8.09. The minimum absolute atomic E-state index is 0.339. The molecule has 2 rings (SSSR count). The number of rotatable bonds is 6. The van der Waals surface area contributed by atoms with Gasteiger partial charge in [0, 0.05) is 6.54 Å². The van der Waals surface area contributed by atoms with Crippen molar-refractivity contribution in [3.63, 3.8) is 0 Å². The Balaban J connectivity index is 1.89. The van der Waals surface area contributed by atoms with Crippen LogP contribution < -0.4 is 10.1 Å². The monoisotopic (exact) mass is 341 g/mol. The molecule has 0 heterocycles. The van der Waals surface area contributed by atoms with Crippen LogP contribution in [0.1, 0.15) is 34.0 Å². The molecule has 0 aliphatic carbocycles. The van der Waals surface area contributed by atoms with Gasteiger partial charge >= 0.3 is 5.97 Å². The fourth-order valence-corrected chi connectivity index (χ4v) is 2.45. The molecule has 0 radical (unpaired) electrons. The summed E-state index contributed by atoms with van der Waals surface area (Å²) in [5, 5.41) is 2.76. The normalized spacial score (nSPS) is 11.5. The molecule has 0 saturated heterocycles. The molecule has 132 valence electrons. The number of nitrogens with one attached hydrogen (secondary N) is 1. The van der Waals surface area contributed by atoms with Gasteiger partial charge in [0.25, 0.3) is 5.91 Å². The number of aryl methyl sites for hydroxylation is 2. The summed E-state index contributed by atoms with van der Waals surface area (Å²) in [5.41, 5.74) is 3.33. The van der Waals surface area contributed by atoms with Gasteiger partial charge in [0.05, 0.1) is 12.7 Å². The van der Waals surface area contributed by atoms with Crippen molar-refractivity contribution in [2.24, 2.45) is 0 Å². The van der Waals surface area contributed by atoms with Crippen molar-refractivity contribution < 1.29 is 19.1 Å². The van der Waals surface area contributed by atoms with E-state index < -0.39 is 12.1 Å². The first-order chi connectivity index (χ1) is 11.9. The van der Waals surface area contributed by atoms with Crippen LogP contribution in [0, 0.1) is 13.8 Å². The molecular formula is C20H23NO4. The van der Waals surface area contributed by atoms with E-state index in [1.165, 1.54) is 0 Å². The van der Waals surface area contributed by atoms with E-state index in [1.54, 1.807) is 26.2 Å². The van der Waals surface area contributed by atoms with Crippen molar-refractivity contribution in [2.75, 3.05) is 7.11 Å². The molecule has 1 amide bonds. The average Bonchev–Trinajstić information content (AvgIpc) is 2.59. The number of methoxy groups -OCH3 is 1. The van der Waals surface area contributed by atoms with E-state index in [0.29, 0.717) is 12.1 Å². The SMILES string of the molecule is COc1ccc(CNC(=O)[C@H](C)OC(=O)c2cc(C)cc(C)c2)cc1. The lowest BCUT2D eigenvalue weighted by atomic mass is 10.1. The highest BCUT2D eigenvalue weighted by molar-refractivity contribution is 5.92. The van der Waals surface area contributed by atoms with E-state index >= 15 is 0 Å². The molecule has 1 N–H and O–H groups in total. The molecule has 2 aromatic carbocycles. The molecule has 0 aromatic heterocycles. The lowest BCUT2D eigenvalue weighted by Gasteiger charge is -2.14. The standard InChI is InChI=1S/C20H23NO4/c1-13-9-14(2)11-17(10-13)20(23)25-15(3)19(22)21-12-16-5-7-18(24-4)8-6-16/h5-11,15H,12H2,1-4H3,(H,21,22)/t15-/m0/s1. The molecule has 25 heavy (non-hydrogen) atoms. The second-order valence-electron chi connectivity index (χ2n) is 5.99. The zero-order chi connectivity index (χ0) is 18.4. The third-order valence-corrected chi connectivity index (χ3v) is 3.74. The Kier molecular flexibility index (Phi) is 6.17. The second kappa shape index (κ2) is 8.33. The summed E-state index contributed by atoms with van der Waals surface area (Å²) in [5.74, 6) is -0.0849. The maximum absolute atomic E-state index is 12.2. The summed E-state index contributed by atoms with van der Waals surface area (Å²) < 4.78 is 10.4. The van der Waals surface area contributed by atoms with Crippen molar-refractivity contribution >= 4 is 11.9 Å². The average molecular weight is 341 g/mol. The number of amides is 1. The third-order valence-electron chi connectivity index (χ3n) is 3.74. The van der Waals surface area contributed by atoms with Crippen LogP contribution in [-0.4, -0.2) is 25.1 Å². The van der Waals surface area contributed by atoms with Crippen molar-refractivity contribution in [1.29, 1.82) is 0 Å². The lowest BCUT2D eigenvalue weighted by molar-refractivity contribution is -0.129. The zero-order valence-corrected chi connectivity index (χ0v) is 15.0. The molecule has 5 heteroatoms. The zero-order valence-electron chi connectivity index (χ0n) is 15.0. The topological polar surface area (TPSA) is 64.6 Å². The van der Waals surface area contributed by atoms with Gasteiger partial charge in [-0.25, -0.2) is 4.79 Å². The quantitative estimate of drug-likeness (QED) is 0.820. The van der Waals surface area contributed by atoms with E-state index in [9.17, 15) is 9.59 Å². The van der Waals surface area contributed by atoms with Crippen molar-refractivity contribution in [1.82, 2.24) is 5.32 Å². The Morgan fingerprint density at radius 1 is 1.04 bits per heavy atom. The van der Waals surface area contributed by atoms with Gasteiger partial charge in [-0.05, 0) is 50.6 Å². The number of esters is 1. The summed E-state index contributed by atoms with van der Waals surface area (Å²) in [6.07, 6.45) is -0.869. The third kappa shape index (κ3) is 5.35. The van der Waals surface area contributed by atoms with E-state index in [1.807, 2.05) is 44.2 Å². The predicted octanol–water partition coefficient (Wildman–Crippen LogP) is 3.17. The summed E-state index contributed by atoms with van der Waals surface area (Å²) in [7, 11) is 1.60. The molecule has 0 unspecified atom stereocenters. The van der Waals surface area contributed by atoms with Crippen molar-refractivity contribution in [3.05, 3.63) is 64.7 Å². The van der Waals surface area contributed by atoms with Gasteiger partial charge in [-0.3, -0.25) is 4.79 Å². The Labute approximate surface area is 148 Å². The fourth-order valence-electron chi connectivity index (χ4n) is 2.45. The highest BCUT2D eigenvalue weighted by atomic mass is 16.5. The lowest BCUT2D eigenvalue weighted by Crippen LogP contribution is -2.35. The Hall–Kier alpha value is -2.82. The number of hydrogen-bond acceptors (Lipinski definition) is 4. The van der Waals surface area contributed by atoms with Crippen LogP contribution in [0.2, 0.25) is 0 Å². The maximum atomic E-state index is 12.2. The molecule has 0 aliphatic rings. The highest BCUT2D eigenvalue weighted by Gasteiger charge is 2.19. The second-order valence-corrected chi connectivity index (χ2v) is 5.99. The molecule has 2 aromatic rings. The van der Waals surface area contributed by atoms with E-state index in [4.69, 9.17) is 9.47 Å². The van der Waals surface area contributed by atoms with Crippen molar-refractivity contribution in [3.8, 4) is 5.75 Å². The van der Waals surface area contributed by atoms with Crippen LogP contribution in [-0.2, 0) is 16.1 Å². The molecule has 0 spiro atoms.